The fraction of sp³-hybridized carbons (Fsp3) is 0.0625. The van der Waals surface area contributed by atoms with Gasteiger partial charge in [0.1, 0.15) is 0 Å². The SMILES string of the molecule is Cc1ccc(S(=O)(=O)NC(=O)Nc2cccc3[nH]ccc23)cc1. The van der Waals surface area contributed by atoms with E-state index in [1.807, 2.05) is 17.7 Å². The van der Waals surface area contributed by atoms with Crippen LogP contribution in [-0.2, 0) is 10.0 Å². The summed E-state index contributed by atoms with van der Waals surface area (Å²) in [5, 5.41) is 3.36. The molecule has 1 aromatic heterocycles. The van der Waals surface area contributed by atoms with Crippen LogP contribution < -0.4 is 10.0 Å². The summed E-state index contributed by atoms with van der Waals surface area (Å²) in [6.45, 7) is 1.86. The van der Waals surface area contributed by atoms with Crippen molar-refractivity contribution in [3.63, 3.8) is 0 Å². The molecular formula is C16H15N3O3S. The Balaban J connectivity index is 1.79. The van der Waals surface area contributed by atoms with E-state index >= 15 is 0 Å². The lowest BCUT2D eigenvalue weighted by atomic mass is 10.2. The molecule has 0 aliphatic rings. The molecule has 7 heteroatoms. The van der Waals surface area contributed by atoms with Gasteiger partial charge in [0.2, 0.25) is 0 Å². The van der Waals surface area contributed by atoms with Crippen molar-refractivity contribution >= 4 is 32.6 Å². The van der Waals surface area contributed by atoms with Crippen LogP contribution in [0.15, 0.2) is 59.6 Å². The van der Waals surface area contributed by atoms with E-state index in [2.05, 4.69) is 10.3 Å². The zero-order valence-corrected chi connectivity index (χ0v) is 13.1. The summed E-state index contributed by atoms with van der Waals surface area (Å²) in [6, 6.07) is 12.6. The molecule has 0 aliphatic carbocycles. The van der Waals surface area contributed by atoms with Crippen LogP contribution in [0, 0.1) is 6.92 Å². The Labute approximate surface area is 133 Å². The van der Waals surface area contributed by atoms with Crippen molar-refractivity contribution < 1.29 is 13.2 Å². The Morgan fingerprint density at radius 1 is 1.04 bits per heavy atom. The van der Waals surface area contributed by atoms with Gasteiger partial charge in [0.25, 0.3) is 10.0 Å². The van der Waals surface area contributed by atoms with E-state index < -0.39 is 16.1 Å². The summed E-state index contributed by atoms with van der Waals surface area (Å²) in [5.74, 6) is 0. The second-order valence-electron chi connectivity index (χ2n) is 5.12. The number of urea groups is 1. The third-order valence-corrected chi connectivity index (χ3v) is 4.75. The third-order valence-electron chi connectivity index (χ3n) is 3.40. The highest BCUT2D eigenvalue weighted by Gasteiger charge is 2.17. The molecule has 118 valence electrons. The number of hydrogen-bond donors (Lipinski definition) is 3. The van der Waals surface area contributed by atoms with Gasteiger partial charge in [-0.3, -0.25) is 0 Å². The third kappa shape index (κ3) is 3.19. The van der Waals surface area contributed by atoms with Gasteiger partial charge in [0, 0.05) is 17.1 Å². The van der Waals surface area contributed by atoms with E-state index in [9.17, 15) is 13.2 Å². The fourth-order valence-electron chi connectivity index (χ4n) is 2.24. The van der Waals surface area contributed by atoms with Gasteiger partial charge in [-0.1, -0.05) is 23.8 Å². The Hall–Kier alpha value is -2.80. The number of rotatable bonds is 3. The fourth-order valence-corrected chi connectivity index (χ4v) is 3.15. The van der Waals surface area contributed by atoms with Crippen molar-refractivity contribution in [3.05, 3.63) is 60.3 Å². The van der Waals surface area contributed by atoms with Gasteiger partial charge in [0.05, 0.1) is 10.6 Å². The van der Waals surface area contributed by atoms with Crippen molar-refractivity contribution in [2.75, 3.05) is 5.32 Å². The minimum absolute atomic E-state index is 0.0399. The first-order valence-electron chi connectivity index (χ1n) is 6.92. The summed E-state index contributed by atoms with van der Waals surface area (Å²) < 4.78 is 26.4. The number of fused-ring (bicyclic) bond motifs is 1. The van der Waals surface area contributed by atoms with E-state index in [0.29, 0.717) is 5.69 Å². The topological polar surface area (TPSA) is 91.1 Å². The zero-order valence-electron chi connectivity index (χ0n) is 12.3. The first-order valence-corrected chi connectivity index (χ1v) is 8.40. The zero-order chi connectivity index (χ0) is 16.4. The predicted molar refractivity (Wildman–Crippen MR) is 88.8 cm³/mol. The molecule has 3 aromatic rings. The smallest absolute Gasteiger partial charge is 0.333 e. The molecule has 3 N–H and O–H groups in total. The quantitative estimate of drug-likeness (QED) is 0.690. The minimum atomic E-state index is -3.91. The molecule has 2 aromatic carbocycles. The van der Waals surface area contributed by atoms with Crippen LogP contribution >= 0.6 is 0 Å². The number of sulfonamides is 1. The maximum atomic E-state index is 12.2. The average Bonchev–Trinajstić information content (AvgIpc) is 2.96. The lowest BCUT2D eigenvalue weighted by Gasteiger charge is -2.09. The van der Waals surface area contributed by atoms with Crippen LogP contribution in [0.2, 0.25) is 0 Å². The van der Waals surface area contributed by atoms with Crippen molar-refractivity contribution in [3.8, 4) is 0 Å². The number of aromatic amines is 1. The number of carbonyl (C=O) groups excluding carboxylic acids is 1. The molecule has 1 heterocycles. The van der Waals surface area contributed by atoms with Gasteiger partial charge in [-0.05, 0) is 37.3 Å². The molecule has 0 aliphatic heterocycles. The van der Waals surface area contributed by atoms with Crippen molar-refractivity contribution in [1.82, 2.24) is 9.71 Å². The number of aryl methyl sites for hydroxylation is 1. The van der Waals surface area contributed by atoms with Crippen LogP contribution in [0.3, 0.4) is 0 Å². The van der Waals surface area contributed by atoms with Crippen LogP contribution in [0.1, 0.15) is 5.56 Å². The molecule has 0 saturated heterocycles. The van der Waals surface area contributed by atoms with Crippen molar-refractivity contribution in [2.24, 2.45) is 0 Å². The molecule has 3 rings (SSSR count). The van der Waals surface area contributed by atoms with Gasteiger partial charge >= 0.3 is 6.03 Å². The molecule has 0 saturated carbocycles. The largest absolute Gasteiger partial charge is 0.361 e. The second-order valence-corrected chi connectivity index (χ2v) is 6.80. The van der Waals surface area contributed by atoms with Gasteiger partial charge in [-0.25, -0.2) is 17.9 Å². The maximum Gasteiger partial charge on any atom is 0.333 e. The molecule has 0 atom stereocenters. The number of amides is 2. The monoisotopic (exact) mass is 329 g/mol. The van der Waals surface area contributed by atoms with E-state index in [1.165, 1.54) is 12.1 Å². The molecule has 0 bridgehead atoms. The van der Waals surface area contributed by atoms with Crippen LogP contribution in [0.4, 0.5) is 10.5 Å². The number of aromatic nitrogens is 1. The highest BCUT2D eigenvalue weighted by atomic mass is 32.2. The molecule has 0 spiro atoms. The maximum absolute atomic E-state index is 12.2. The van der Waals surface area contributed by atoms with Gasteiger partial charge in [0.15, 0.2) is 0 Å². The number of anilines is 1. The van der Waals surface area contributed by atoms with E-state index in [0.717, 1.165) is 16.5 Å². The van der Waals surface area contributed by atoms with Crippen molar-refractivity contribution in [1.29, 1.82) is 0 Å². The lowest BCUT2D eigenvalue weighted by Crippen LogP contribution is -2.34. The second kappa shape index (κ2) is 5.77. The van der Waals surface area contributed by atoms with Crippen LogP contribution in [0.5, 0.6) is 0 Å². The summed E-state index contributed by atoms with van der Waals surface area (Å²) in [4.78, 5) is 15.1. The Kier molecular flexibility index (Phi) is 3.79. The molecule has 0 fully saturated rings. The van der Waals surface area contributed by atoms with E-state index in [4.69, 9.17) is 0 Å². The summed E-state index contributed by atoms with van der Waals surface area (Å²) >= 11 is 0. The van der Waals surface area contributed by atoms with Gasteiger partial charge in [-0.15, -0.1) is 0 Å². The standard InChI is InChI=1S/C16H15N3O3S/c1-11-5-7-12(8-6-11)23(21,22)19-16(20)18-15-4-2-3-14-13(15)9-10-17-14/h2-10,17H,1H3,(H2,18,19,20). The molecule has 0 unspecified atom stereocenters. The summed E-state index contributed by atoms with van der Waals surface area (Å²) in [7, 11) is -3.91. The predicted octanol–water partition coefficient (Wildman–Crippen LogP) is 2.99. The molecule has 23 heavy (non-hydrogen) atoms. The number of nitrogens with one attached hydrogen (secondary N) is 3. The normalized spacial score (nSPS) is 11.3. The minimum Gasteiger partial charge on any atom is -0.361 e. The van der Waals surface area contributed by atoms with Crippen LogP contribution in [0.25, 0.3) is 10.9 Å². The Morgan fingerprint density at radius 2 is 1.78 bits per heavy atom. The van der Waals surface area contributed by atoms with E-state index in [-0.39, 0.29) is 4.90 Å². The molecule has 2 amide bonds. The van der Waals surface area contributed by atoms with Crippen LogP contribution in [-0.4, -0.2) is 19.4 Å². The number of carbonyl (C=O) groups is 1. The molecule has 6 nitrogen and oxygen atoms in total. The van der Waals surface area contributed by atoms with E-state index in [1.54, 1.807) is 36.5 Å². The first kappa shape index (κ1) is 15.1. The van der Waals surface area contributed by atoms with Gasteiger partial charge < -0.3 is 10.3 Å². The Morgan fingerprint density at radius 3 is 2.52 bits per heavy atom. The average molecular weight is 329 g/mol. The first-order chi connectivity index (χ1) is 11.0. The van der Waals surface area contributed by atoms with Gasteiger partial charge in [-0.2, -0.15) is 0 Å². The number of hydrogen-bond acceptors (Lipinski definition) is 3. The summed E-state index contributed by atoms with van der Waals surface area (Å²) in [5.41, 5.74) is 2.32. The highest BCUT2D eigenvalue weighted by Crippen LogP contribution is 2.22. The lowest BCUT2D eigenvalue weighted by molar-refractivity contribution is 0.256. The number of benzene rings is 2. The number of H-pyrrole nitrogens is 1. The molecule has 0 radical (unpaired) electrons. The Bertz CT molecular complexity index is 960. The molecular weight excluding hydrogens is 314 g/mol. The van der Waals surface area contributed by atoms with Crippen molar-refractivity contribution in [2.45, 2.75) is 11.8 Å². The highest BCUT2D eigenvalue weighted by molar-refractivity contribution is 7.90. The summed E-state index contributed by atoms with van der Waals surface area (Å²) in [6.07, 6.45) is 1.75.